The van der Waals surface area contributed by atoms with Gasteiger partial charge in [-0.2, -0.15) is 4.31 Å². The van der Waals surface area contributed by atoms with E-state index in [0.29, 0.717) is 15.8 Å². The van der Waals surface area contributed by atoms with Gasteiger partial charge in [0.25, 0.3) is 5.91 Å². The van der Waals surface area contributed by atoms with Gasteiger partial charge in [-0.25, -0.2) is 8.42 Å². The summed E-state index contributed by atoms with van der Waals surface area (Å²) >= 11 is 3.90. The smallest absolute Gasteiger partial charge is 0.255 e. The van der Waals surface area contributed by atoms with E-state index in [9.17, 15) is 13.2 Å². The van der Waals surface area contributed by atoms with Crippen LogP contribution in [0.15, 0.2) is 53.4 Å². The maximum atomic E-state index is 12.5. The van der Waals surface area contributed by atoms with Gasteiger partial charge in [0.05, 0.1) is 9.48 Å². The second kappa shape index (κ2) is 9.55. The van der Waals surface area contributed by atoms with E-state index in [-0.39, 0.29) is 16.8 Å². The summed E-state index contributed by atoms with van der Waals surface area (Å²) in [4.78, 5) is 12.7. The molecule has 0 unspecified atom stereocenters. The van der Waals surface area contributed by atoms with Gasteiger partial charge in [0, 0.05) is 24.3 Å². The first-order chi connectivity index (χ1) is 13.8. The number of anilines is 1. The Labute approximate surface area is 181 Å². The minimum absolute atomic E-state index is 0.132. The number of amides is 1. The van der Waals surface area contributed by atoms with Crippen LogP contribution in [0.2, 0.25) is 0 Å². The third kappa shape index (κ3) is 5.36. The van der Waals surface area contributed by atoms with Crippen molar-refractivity contribution in [3.8, 4) is 0 Å². The number of carbonyl (C=O) groups is 1. The average molecular weight is 451 g/mol. The Kier molecular flexibility index (Phi) is 7.32. The number of nitrogens with zero attached hydrogens (tertiary/aromatic N) is 1. The molecule has 0 aromatic heterocycles. The molecule has 1 saturated heterocycles. The lowest BCUT2D eigenvalue weighted by atomic mass is 10.1. The Hall–Kier alpha value is -1.48. The molecule has 0 atom stereocenters. The number of hydrogen-bond acceptors (Lipinski definition) is 5. The van der Waals surface area contributed by atoms with E-state index in [4.69, 9.17) is 0 Å². The number of rotatable bonds is 6. The third-order valence-electron chi connectivity index (χ3n) is 4.79. The summed E-state index contributed by atoms with van der Waals surface area (Å²) in [5.74, 6) is 2.15. The molecule has 1 amide bonds. The largest absolute Gasteiger partial charge is 0.322 e. The van der Waals surface area contributed by atoms with Crippen molar-refractivity contribution in [1.29, 1.82) is 0 Å². The molecule has 8 heteroatoms. The van der Waals surface area contributed by atoms with Crippen LogP contribution in [0.5, 0.6) is 0 Å². The summed E-state index contributed by atoms with van der Waals surface area (Å²) in [7, 11) is -1.98. The van der Waals surface area contributed by atoms with E-state index < -0.39 is 10.0 Å². The van der Waals surface area contributed by atoms with Crippen LogP contribution in [0.3, 0.4) is 0 Å². The van der Waals surface area contributed by atoms with Crippen LogP contribution < -0.4 is 5.32 Å². The van der Waals surface area contributed by atoms with Crippen molar-refractivity contribution >= 4 is 45.1 Å². The van der Waals surface area contributed by atoms with E-state index in [0.717, 1.165) is 0 Å². The van der Waals surface area contributed by atoms with Gasteiger partial charge < -0.3 is 5.32 Å². The summed E-state index contributed by atoms with van der Waals surface area (Å²) in [5.41, 5.74) is 2.37. The molecule has 1 fully saturated rings. The van der Waals surface area contributed by atoms with Crippen LogP contribution in [-0.4, -0.2) is 43.2 Å². The quantitative estimate of drug-likeness (QED) is 0.682. The Bertz CT molecular complexity index is 936. The molecule has 156 valence electrons. The summed E-state index contributed by atoms with van der Waals surface area (Å²) in [6, 6.07) is 13.9. The Morgan fingerprint density at radius 2 is 1.62 bits per heavy atom. The lowest BCUT2D eigenvalue weighted by Crippen LogP contribution is -2.33. The normalized spacial score (nSPS) is 15.6. The van der Waals surface area contributed by atoms with Gasteiger partial charge >= 0.3 is 0 Å². The molecule has 1 N–H and O–H groups in total. The standard InChI is InChI=1S/C21H26N2O3S3/c1-15(2)23(3)29(25,26)19-11-9-18(10-12-19)22-20(24)16-5-7-17(8-6-16)21-27-13-4-14-28-21/h5-12,15,21H,4,13-14H2,1-3H3,(H,22,24). The van der Waals surface area contributed by atoms with Gasteiger partial charge in [-0.3, -0.25) is 4.79 Å². The fourth-order valence-electron chi connectivity index (χ4n) is 2.83. The van der Waals surface area contributed by atoms with Gasteiger partial charge in [-0.1, -0.05) is 12.1 Å². The highest BCUT2D eigenvalue weighted by molar-refractivity contribution is 8.16. The molecular formula is C21H26N2O3S3. The Morgan fingerprint density at radius 1 is 1.03 bits per heavy atom. The number of nitrogens with one attached hydrogen (secondary N) is 1. The highest BCUT2D eigenvalue weighted by atomic mass is 32.2. The molecule has 3 rings (SSSR count). The number of sulfonamides is 1. The molecule has 5 nitrogen and oxygen atoms in total. The highest BCUT2D eigenvalue weighted by Crippen LogP contribution is 2.43. The summed E-state index contributed by atoms with van der Waals surface area (Å²) < 4.78 is 26.8. The maximum absolute atomic E-state index is 12.5. The van der Waals surface area contributed by atoms with Crippen LogP contribution in [-0.2, 0) is 10.0 Å². The minimum atomic E-state index is -3.53. The topological polar surface area (TPSA) is 66.5 Å². The van der Waals surface area contributed by atoms with Crippen LogP contribution in [0, 0.1) is 0 Å². The van der Waals surface area contributed by atoms with Crippen molar-refractivity contribution in [2.24, 2.45) is 0 Å². The molecule has 2 aromatic rings. The first-order valence-corrected chi connectivity index (χ1v) is 13.1. The van der Waals surface area contributed by atoms with E-state index in [1.165, 1.54) is 39.9 Å². The molecular weight excluding hydrogens is 424 g/mol. The van der Waals surface area contributed by atoms with Crippen LogP contribution in [0.4, 0.5) is 5.69 Å². The van der Waals surface area contributed by atoms with Crippen LogP contribution in [0.1, 0.15) is 40.8 Å². The predicted molar refractivity (Wildman–Crippen MR) is 123 cm³/mol. The maximum Gasteiger partial charge on any atom is 0.255 e. The van der Waals surface area contributed by atoms with E-state index in [2.05, 4.69) is 5.32 Å². The van der Waals surface area contributed by atoms with Crippen molar-refractivity contribution in [2.45, 2.75) is 35.8 Å². The number of thioether (sulfide) groups is 2. The molecule has 0 bridgehead atoms. The average Bonchev–Trinajstić information content (AvgIpc) is 2.74. The zero-order valence-corrected chi connectivity index (χ0v) is 19.2. The summed E-state index contributed by atoms with van der Waals surface area (Å²) in [6.45, 7) is 3.64. The number of benzene rings is 2. The first kappa shape index (κ1) is 22.2. The van der Waals surface area contributed by atoms with Gasteiger partial charge in [0.1, 0.15) is 0 Å². The summed E-state index contributed by atoms with van der Waals surface area (Å²) in [5, 5.41) is 2.83. The molecule has 0 radical (unpaired) electrons. The second-order valence-corrected chi connectivity index (χ2v) is 11.9. The molecule has 1 aliphatic rings. The van der Waals surface area contributed by atoms with Crippen molar-refractivity contribution in [1.82, 2.24) is 4.31 Å². The van der Waals surface area contributed by atoms with Crippen molar-refractivity contribution in [2.75, 3.05) is 23.9 Å². The Morgan fingerprint density at radius 3 is 2.17 bits per heavy atom. The molecule has 1 aliphatic heterocycles. The molecule has 1 heterocycles. The fourth-order valence-corrected chi connectivity index (χ4v) is 7.09. The minimum Gasteiger partial charge on any atom is -0.322 e. The van der Waals surface area contributed by atoms with Gasteiger partial charge in [-0.05, 0) is 73.7 Å². The number of carbonyl (C=O) groups excluding carboxylic acids is 1. The van der Waals surface area contributed by atoms with Crippen LogP contribution in [0.25, 0.3) is 0 Å². The first-order valence-electron chi connectivity index (χ1n) is 9.51. The van der Waals surface area contributed by atoms with Gasteiger partial charge in [-0.15, -0.1) is 23.5 Å². The summed E-state index contributed by atoms with van der Waals surface area (Å²) in [6.07, 6.45) is 1.25. The zero-order valence-electron chi connectivity index (χ0n) is 16.8. The van der Waals surface area contributed by atoms with Crippen molar-refractivity contribution in [3.63, 3.8) is 0 Å². The predicted octanol–water partition coefficient (Wildman–Crippen LogP) is 4.84. The molecule has 0 saturated carbocycles. The molecule has 0 spiro atoms. The number of hydrogen-bond donors (Lipinski definition) is 1. The van der Waals surface area contributed by atoms with E-state index >= 15 is 0 Å². The second-order valence-electron chi connectivity index (χ2n) is 7.14. The highest BCUT2D eigenvalue weighted by Gasteiger charge is 2.23. The van der Waals surface area contributed by atoms with Crippen molar-refractivity contribution < 1.29 is 13.2 Å². The fraction of sp³-hybridized carbons (Fsp3) is 0.381. The lowest BCUT2D eigenvalue weighted by Gasteiger charge is -2.21. The van der Waals surface area contributed by atoms with Gasteiger partial charge in [0.15, 0.2) is 0 Å². The monoisotopic (exact) mass is 450 g/mol. The lowest BCUT2D eigenvalue weighted by molar-refractivity contribution is 0.102. The Balaban J connectivity index is 1.66. The molecule has 2 aromatic carbocycles. The van der Waals surface area contributed by atoms with Gasteiger partial charge in [0.2, 0.25) is 10.0 Å². The zero-order chi connectivity index (χ0) is 21.0. The van der Waals surface area contributed by atoms with E-state index in [1.54, 1.807) is 19.2 Å². The SMILES string of the molecule is CC(C)N(C)S(=O)(=O)c1ccc(NC(=O)c2ccc(C3SCCCS3)cc2)cc1. The van der Waals surface area contributed by atoms with Crippen LogP contribution >= 0.6 is 23.5 Å². The third-order valence-corrected chi connectivity index (χ3v) is 9.85. The molecule has 29 heavy (non-hydrogen) atoms. The van der Waals surface area contributed by atoms with E-state index in [1.807, 2.05) is 61.6 Å². The van der Waals surface area contributed by atoms with Crippen molar-refractivity contribution in [3.05, 3.63) is 59.7 Å². The molecule has 0 aliphatic carbocycles.